The fourth-order valence-corrected chi connectivity index (χ4v) is 6.03. The van der Waals surface area contributed by atoms with Crippen LogP contribution < -0.4 is 0 Å². The third kappa shape index (κ3) is 3.45. The maximum absolute atomic E-state index is 6.29. The van der Waals surface area contributed by atoms with E-state index in [0.29, 0.717) is 0 Å². The Kier molecular flexibility index (Phi) is 5.39. The van der Waals surface area contributed by atoms with Crippen LogP contribution in [0.25, 0.3) is 11.4 Å². The van der Waals surface area contributed by atoms with Gasteiger partial charge in [0.05, 0.1) is 0 Å². The lowest BCUT2D eigenvalue weighted by molar-refractivity contribution is 0.508. The van der Waals surface area contributed by atoms with Gasteiger partial charge in [-0.1, -0.05) is 48.5 Å². The summed E-state index contributed by atoms with van der Waals surface area (Å²) >= 11 is 9.88. The van der Waals surface area contributed by atoms with Crippen molar-refractivity contribution < 1.29 is 0 Å². The van der Waals surface area contributed by atoms with Crippen LogP contribution in [0.4, 0.5) is 0 Å². The Morgan fingerprint density at radius 1 is 1.31 bits per heavy atom. The Morgan fingerprint density at radius 2 is 2.15 bits per heavy atom. The van der Waals surface area contributed by atoms with E-state index in [0.717, 1.165) is 46.2 Å². The average Bonchev–Trinajstić information content (AvgIpc) is 3.23. The van der Waals surface area contributed by atoms with Gasteiger partial charge in [-0.15, -0.1) is 21.5 Å². The Hall–Kier alpha value is -1.30. The van der Waals surface area contributed by atoms with Gasteiger partial charge in [0.1, 0.15) is 0 Å². The maximum atomic E-state index is 6.29. The van der Waals surface area contributed by atoms with Crippen molar-refractivity contribution in [3.05, 3.63) is 50.7 Å². The molecule has 0 aliphatic heterocycles. The van der Waals surface area contributed by atoms with Gasteiger partial charge in [-0.2, -0.15) is 0 Å². The molecule has 0 N–H and O–H groups in total. The highest BCUT2D eigenvalue weighted by atomic mass is 35.5. The van der Waals surface area contributed by atoms with Crippen LogP contribution in [-0.2, 0) is 25.1 Å². The zero-order valence-electron chi connectivity index (χ0n) is 15.0. The van der Waals surface area contributed by atoms with E-state index in [2.05, 4.69) is 40.1 Å². The molecule has 1 aliphatic carbocycles. The molecule has 3 nitrogen and oxygen atoms in total. The van der Waals surface area contributed by atoms with Gasteiger partial charge in [0.2, 0.25) is 0 Å². The first-order chi connectivity index (χ1) is 12.7. The minimum Gasteiger partial charge on any atom is -0.302 e. The second-order valence-electron chi connectivity index (χ2n) is 6.83. The molecule has 26 heavy (non-hydrogen) atoms. The van der Waals surface area contributed by atoms with E-state index < -0.39 is 0 Å². The van der Waals surface area contributed by atoms with Crippen LogP contribution in [0.1, 0.15) is 36.3 Å². The predicted molar refractivity (Wildman–Crippen MR) is 111 cm³/mol. The summed E-state index contributed by atoms with van der Waals surface area (Å²) in [5.41, 5.74) is 3.92. The Morgan fingerprint density at radius 3 is 2.96 bits per heavy atom. The number of rotatable bonds is 5. The Bertz CT molecular complexity index is 916. The van der Waals surface area contributed by atoms with E-state index in [9.17, 15) is 0 Å². The summed E-state index contributed by atoms with van der Waals surface area (Å²) in [5, 5.41) is 13.1. The third-order valence-corrected chi connectivity index (χ3v) is 7.43. The quantitative estimate of drug-likeness (QED) is 0.482. The zero-order valence-corrected chi connectivity index (χ0v) is 17.4. The summed E-state index contributed by atoms with van der Waals surface area (Å²) in [5.74, 6) is 2.61. The highest BCUT2D eigenvalue weighted by molar-refractivity contribution is 7.98. The molecule has 3 aromatic rings. The van der Waals surface area contributed by atoms with Crippen molar-refractivity contribution in [3.8, 4) is 11.4 Å². The zero-order chi connectivity index (χ0) is 18.1. The molecule has 1 unspecified atom stereocenters. The van der Waals surface area contributed by atoms with Crippen molar-refractivity contribution in [1.82, 2.24) is 14.8 Å². The molecule has 1 atom stereocenters. The van der Waals surface area contributed by atoms with Crippen LogP contribution in [0.2, 0.25) is 5.02 Å². The number of thiophene rings is 1. The van der Waals surface area contributed by atoms with Crippen LogP contribution in [0.15, 0.2) is 34.8 Å². The van der Waals surface area contributed by atoms with Gasteiger partial charge in [0, 0.05) is 33.1 Å². The van der Waals surface area contributed by atoms with E-state index in [-0.39, 0.29) is 0 Å². The minimum absolute atomic E-state index is 0.791. The number of benzene rings is 1. The molecule has 2 heterocycles. The third-order valence-electron chi connectivity index (χ3n) is 4.99. The molecule has 0 amide bonds. The predicted octanol–water partition coefficient (Wildman–Crippen LogP) is 6.10. The van der Waals surface area contributed by atoms with Crippen LogP contribution in [0.5, 0.6) is 0 Å². The maximum Gasteiger partial charge on any atom is 0.191 e. The average molecular weight is 404 g/mol. The van der Waals surface area contributed by atoms with E-state index >= 15 is 0 Å². The number of aromatic nitrogens is 3. The van der Waals surface area contributed by atoms with E-state index in [1.165, 1.54) is 28.8 Å². The van der Waals surface area contributed by atoms with Gasteiger partial charge in [-0.05, 0) is 49.3 Å². The molecule has 0 bridgehead atoms. The highest BCUT2D eigenvalue weighted by Crippen LogP contribution is 2.38. The molecular formula is C20H22ClN3S2. The van der Waals surface area contributed by atoms with E-state index in [4.69, 9.17) is 11.6 Å². The first-order valence-electron chi connectivity index (χ1n) is 9.06. The number of halogens is 1. The van der Waals surface area contributed by atoms with Gasteiger partial charge in [0.25, 0.3) is 0 Å². The monoisotopic (exact) mass is 403 g/mol. The summed E-state index contributed by atoms with van der Waals surface area (Å²) in [6.07, 6.45) is 3.63. The topological polar surface area (TPSA) is 30.7 Å². The number of hydrogen-bond acceptors (Lipinski definition) is 4. The standard InChI is InChI=1S/C20H22ClN3S2/c1-3-24-19(16-12-25-18-10-13(2)8-9-15(16)18)22-23-20(24)26-11-14-6-4-5-7-17(14)21/h4-7,12-13H,3,8-11H2,1-2H3. The number of fused-ring (bicyclic) bond motifs is 1. The van der Waals surface area contributed by atoms with Gasteiger partial charge >= 0.3 is 0 Å². The normalized spacial score (nSPS) is 16.7. The lowest BCUT2D eigenvalue weighted by Gasteiger charge is -2.19. The molecular weight excluding hydrogens is 382 g/mol. The van der Waals surface area contributed by atoms with Crippen molar-refractivity contribution in [2.75, 3.05) is 0 Å². The molecule has 0 spiro atoms. The van der Waals surface area contributed by atoms with Gasteiger partial charge in [-0.25, -0.2) is 0 Å². The smallest absolute Gasteiger partial charge is 0.191 e. The van der Waals surface area contributed by atoms with Crippen LogP contribution in [-0.4, -0.2) is 14.8 Å². The lowest BCUT2D eigenvalue weighted by atomic mass is 9.88. The molecule has 1 aliphatic rings. The van der Waals surface area contributed by atoms with Crippen LogP contribution in [0, 0.1) is 5.92 Å². The summed E-state index contributed by atoms with van der Waals surface area (Å²) in [6.45, 7) is 5.38. The summed E-state index contributed by atoms with van der Waals surface area (Å²) in [4.78, 5) is 1.54. The van der Waals surface area contributed by atoms with Gasteiger partial charge < -0.3 is 4.57 Å². The number of nitrogens with zero attached hydrogens (tertiary/aromatic N) is 3. The summed E-state index contributed by atoms with van der Waals surface area (Å²) in [7, 11) is 0. The van der Waals surface area contributed by atoms with Crippen molar-refractivity contribution >= 4 is 34.7 Å². The Balaban J connectivity index is 1.61. The molecule has 1 aromatic carbocycles. The second-order valence-corrected chi connectivity index (χ2v) is 9.14. The summed E-state index contributed by atoms with van der Waals surface area (Å²) < 4.78 is 2.24. The first-order valence-corrected chi connectivity index (χ1v) is 11.3. The molecule has 6 heteroatoms. The number of hydrogen-bond donors (Lipinski definition) is 0. The molecule has 0 radical (unpaired) electrons. The summed E-state index contributed by atoms with van der Waals surface area (Å²) in [6, 6.07) is 7.99. The molecule has 0 fully saturated rings. The number of thioether (sulfide) groups is 1. The molecule has 2 aromatic heterocycles. The first kappa shape index (κ1) is 18.1. The minimum atomic E-state index is 0.791. The largest absolute Gasteiger partial charge is 0.302 e. The van der Waals surface area contributed by atoms with Crippen LogP contribution >= 0.6 is 34.7 Å². The van der Waals surface area contributed by atoms with E-state index in [1.807, 2.05) is 29.5 Å². The molecule has 4 rings (SSSR count). The van der Waals surface area contributed by atoms with E-state index in [1.54, 1.807) is 11.8 Å². The Labute approximate surface area is 167 Å². The highest BCUT2D eigenvalue weighted by Gasteiger charge is 2.24. The fourth-order valence-electron chi connectivity index (χ4n) is 3.50. The molecule has 136 valence electrons. The SMILES string of the molecule is CCn1c(SCc2ccccc2Cl)nnc1-c1csc2c1CCC(C)C2. The van der Waals surface area contributed by atoms with Crippen molar-refractivity contribution in [2.45, 2.75) is 50.6 Å². The fraction of sp³-hybridized carbons (Fsp3) is 0.400. The molecule has 0 saturated heterocycles. The second kappa shape index (κ2) is 7.75. The van der Waals surface area contributed by atoms with Gasteiger partial charge in [0.15, 0.2) is 11.0 Å². The lowest BCUT2D eigenvalue weighted by Crippen LogP contribution is -2.10. The van der Waals surface area contributed by atoms with Crippen molar-refractivity contribution in [3.63, 3.8) is 0 Å². The van der Waals surface area contributed by atoms with Gasteiger partial charge in [-0.3, -0.25) is 0 Å². The van der Waals surface area contributed by atoms with Crippen molar-refractivity contribution in [1.29, 1.82) is 0 Å². The molecule has 0 saturated carbocycles. The van der Waals surface area contributed by atoms with Crippen LogP contribution in [0.3, 0.4) is 0 Å². The van der Waals surface area contributed by atoms with Crippen molar-refractivity contribution in [2.24, 2.45) is 5.92 Å².